The Morgan fingerprint density at radius 1 is 1.33 bits per heavy atom. The second-order valence-electron chi connectivity index (χ2n) is 4.03. The van der Waals surface area contributed by atoms with Crippen molar-refractivity contribution < 1.29 is 23.9 Å². The largest absolute Gasteiger partial charge is 0.495 e. The summed E-state index contributed by atoms with van der Waals surface area (Å²) in [6.45, 7) is 0.830. The smallest absolute Gasteiger partial charge is 0.307 e. The van der Waals surface area contributed by atoms with Crippen LogP contribution >= 0.6 is 0 Å². The van der Waals surface area contributed by atoms with E-state index in [1.165, 1.54) is 32.4 Å². The molecule has 0 unspecified atom stereocenters. The van der Waals surface area contributed by atoms with E-state index in [0.29, 0.717) is 18.0 Å². The summed E-state index contributed by atoms with van der Waals surface area (Å²) in [5, 5.41) is 13.7. The topological polar surface area (TPSA) is 99.9 Å². The molecule has 0 fully saturated rings. The minimum atomic E-state index is -0.496. The zero-order valence-corrected chi connectivity index (χ0v) is 12.0. The van der Waals surface area contributed by atoms with Crippen molar-refractivity contribution in [2.45, 2.75) is 6.42 Å². The van der Waals surface area contributed by atoms with E-state index in [0.717, 1.165) is 0 Å². The number of anilines is 1. The lowest BCUT2D eigenvalue weighted by atomic mass is 10.2. The van der Waals surface area contributed by atoms with Crippen molar-refractivity contribution in [1.82, 2.24) is 0 Å². The molecule has 0 spiro atoms. The molecular formula is C13H18N2O6. The molecule has 8 heteroatoms. The van der Waals surface area contributed by atoms with E-state index in [2.05, 4.69) is 5.32 Å². The molecule has 0 saturated heterocycles. The average molecular weight is 298 g/mol. The molecule has 1 aromatic carbocycles. The van der Waals surface area contributed by atoms with Crippen molar-refractivity contribution in [2.75, 3.05) is 39.3 Å². The van der Waals surface area contributed by atoms with Gasteiger partial charge in [-0.1, -0.05) is 0 Å². The van der Waals surface area contributed by atoms with E-state index < -0.39 is 4.92 Å². The first-order valence-electron chi connectivity index (χ1n) is 6.29. The van der Waals surface area contributed by atoms with Crippen LogP contribution in [-0.4, -0.2) is 44.9 Å². The molecule has 0 atom stereocenters. The van der Waals surface area contributed by atoms with Crippen molar-refractivity contribution in [3.8, 4) is 5.75 Å². The van der Waals surface area contributed by atoms with Crippen molar-refractivity contribution in [2.24, 2.45) is 0 Å². The average Bonchev–Trinajstić information content (AvgIpc) is 2.47. The van der Waals surface area contributed by atoms with Crippen LogP contribution in [0.15, 0.2) is 18.2 Å². The van der Waals surface area contributed by atoms with Gasteiger partial charge in [-0.25, -0.2) is 0 Å². The minimum Gasteiger partial charge on any atom is -0.495 e. The predicted molar refractivity (Wildman–Crippen MR) is 75.6 cm³/mol. The third kappa shape index (κ3) is 5.65. The Morgan fingerprint density at radius 2 is 2.10 bits per heavy atom. The summed E-state index contributed by atoms with van der Waals surface area (Å²) >= 11 is 0. The van der Waals surface area contributed by atoms with Gasteiger partial charge < -0.3 is 19.5 Å². The lowest BCUT2D eigenvalue weighted by Gasteiger charge is -2.10. The van der Waals surface area contributed by atoms with Gasteiger partial charge in [0.05, 0.1) is 30.7 Å². The van der Waals surface area contributed by atoms with Crippen LogP contribution in [0.3, 0.4) is 0 Å². The fourth-order valence-electron chi connectivity index (χ4n) is 1.56. The van der Waals surface area contributed by atoms with E-state index >= 15 is 0 Å². The molecule has 0 aliphatic carbocycles. The second kappa shape index (κ2) is 8.75. The van der Waals surface area contributed by atoms with Crippen molar-refractivity contribution >= 4 is 17.3 Å². The number of non-ortho nitro benzene ring substituents is 1. The Hall–Kier alpha value is -2.35. The maximum atomic E-state index is 11.4. The number of methoxy groups -OCH3 is 2. The van der Waals surface area contributed by atoms with Crippen LogP contribution < -0.4 is 10.1 Å². The Labute approximate surface area is 122 Å². The van der Waals surface area contributed by atoms with Gasteiger partial charge in [0.25, 0.3) is 5.69 Å². The lowest BCUT2D eigenvalue weighted by Crippen LogP contribution is -2.14. The lowest BCUT2D eigenvalue weighted by molar-refractivity contribution is -0.384. The highest BCUT2D eigenvalue weighted by atomic mass is 16.6. The number of nitrogens with one attached hydrogen (secondary N) is 1. The summed E-state index contributed by atoms with van der Waals surface area (Å²) in [5.41, 5.74) is 0.400. The summed E-state index contributed by atoms with van der Waals surface area (Å²) < 4.78 is 14.8. The van der Waals surface area contributed by atoms with Crippen LogP contribution in [0.4, 0.5) is 11.4 Å². The van der Waals surface area contributed by atoms with E-state index in [9.17, 15) is 14.9 Å². The van der Waals surface area contributed by atoms with Crippen LogP contribution in [0.25, 0.3) is 0 Å². The highest BCUT2D eigenvalue weighted by molar-refractivity contribution is 5.70. The molecular weight excluding hydrogens is 280 g/mol. The number of nitrogens with zero attached hydrogens (tertiary/aromatic N) is 1. The van der Waals surface area contributed by atoms with Crippen molar-refractivity contribution in [3.05, 3.63) is 28.3 Å². The summed E-state index contributed by atoms with van der Waals surface area (Å²) in [7, 11) is 2.98. The molecule has 116 valence electrons. The van der Waals surface area contributed by atoms with Crippen molar-refractivity contribution in [3.63, 3.8) is 0 Å². The van der Waals surface area contributed by atoms with Gasteiger partial charge in [-0.2, -0.15) is 0 Å². The molecule has 1 N–H and O–H groups in total. The minimum absolute atomic E-state index is 0.0547. The van der Waals surface area contributed by atoms with Gasteiger partial charge in [-0.05, 0) is 6.07 Å². The van der Waals surface area contributed by atoms with Gasteiger partial charge in [0.15, 0.2) is 0 Å². The molecule has 1 rings (SSSR count). The number of benzene rings is 1. The molecule has 0 amide bonds. The summed E-state index contributed by atoms with van der Waals surface area (Å²) in [6.07, 6.45) is 0.134. The summed E-state index contributed by atoms with van der Waals surface area (Å²) in [6, 6.07) is 4.20. The zero-order valence-electron chi connectivity index (χ0n) is 12.0. The number of rotatable bonds is 9. The number of nitro benzene ring substituents is 1. The van der Waals surface area contributed by atoms with Gasteiger partial charge >= 0.3 is 5.97 Å². The molecule has 0 aliphatic heterocycles. The molecule has 1 aromatic rings. The fourth-order valence-corrected chi connectivity index (χ4v) is 1.56. The molecule has 21 heavy (non-hydrogen) atoms. The Morgan fingerprint density at radius 3 is 2.71 bits per heavy atom. The third-order valence-corrected chi connectivity index (χ3v) is 2.59. The van der Waals surface area contributed by atoms with Crippen LogP contribution in [0.2, 0.25) is 0 Å². The summed E-state index contributed by atoms with van der Waals surface area (Å²) in [4.78, 5) is 21.6. The maximum absolute atomic E-state index is 11.4. The fraction of sp³-hybridized carbons (Fsp3) is 0.462. The van der Waals surface area contributed by atoms with Gasteiger partial charge in [0.1, 0.15) is 12.4 Å². The number of carbonyl (C=O) groups is 1. The number of esters is 1. The van der Waals surface area contributed by atoms with Crippen LogP contribution in [0, 0.1) is 10.1 Å². The molecule has 0 heterocycles. The van der Waals surface area contributed by atoms with E-state index in [1.54, 1.807) is 0 Å². The SMILES string of the molecule is COCCOC(=O)CCNc1cc([N+](=O)[O-])ccc1OC. The van der Waals surface area contributed by atoms with Crippen molar-refractivity contribution in [1.29, 1.82) is 0 Å². The Bertz CT molecular complexity index is 492. The third-order valence-electron chi connectivity index (χ3n) is 2.59. The number of nitro groups is 1. The second-order valence-corrected chi connectivity index (χ2v) is 4.03. The van der Waals surface area contributed by atoms with Gasteiger partial charge in [-0.3, -0.25) is 14.9 Å². The van der Waals surface area contributed by atoms with Gasteiger partial charge in [0, 0.05) is 25.8 Å². The first-order chi connectivity index (χ1) is 10.1. The molecule has 0 bridgehead atoms. The van der Waals surface area contributed by atoms with E-state index in [1.807, 2.05) is 0 Å². The van der Waals surface area contributed by atoms with Gasteiger partial charge in [0.2, 0.25) is 0 Å². The monoisotopic (exact) mass is 298 g/mol. The highest BCUT2D eigenvalue weighted by Gasteiger charge is 2.11. The normalized spacial score (nSPS) is 10.0. The van der Waals surface area contributed by atoms with Crippen LogP contribution in [0.1, 0.15) is 6.42 Å². The predicted octanol–water partition coefficient (Wildman–Crippen LogP) is 1.59. The summed E-state index contributed by atoms with van der Waals surface area (Å²) in [5.74, 6) is 0.0947. The standard InChI is InChI=1S/C13H18N2O6/c1-19-7-8-21-13(16)5-6-14-11-9-10(15(17)18)3-4-12(11)20-2/h3-4,9,14H,5-8H2,1-2H3. The highest BCUT2D eigenvalue weighted by Crippen LogP contribution is 2.28. The quantitative estimate of drug-likeness (QED) is 0.320. The molecule has 0 aliphatic rings. The molecule has 0 radical (unpaired) electrons. The Balaban J connectivity index is 2.52. The van der Waals surface area contributed by atoms with E-state index in [-0.39, 0.29) is 31.2 Å². The first kappa shape index (κ1) is 16.7. The Kier molecular flexibility index (Phi) is 6.96. The molecule has 0 aromatic heterocycles. The molecule has 0 saturated carbocycles. The van der Waals surface area contributed by atoms with Crippen LogP contribution in [-0.2, 0) is 14.3 Å². The number of ether oxygens (including phenoxy) is 3. The first-order valence-corrected chi connectivity index (χ1v) is 6.29. The maximum Gasteiger partial charge on any atom is 0.307 e. The zero-order chi connectivity index (χ0) is 15.7. The number of carbonyl (C=O) groups excluding carboxylic acids is 1. The van der Waals surface area contributed by atoms with Crippen LogP contribution in [0.5, 0.6) is 5.75 Å². The molecule has 8 nitrogen and oxygen atoms in total. The number of hydrogen-bond donors (Lipinski definition) is 1. The van der Waals surface area contributed by atoms with E-state index in [4.69, 9.17) is 14.2 Å². The van der Waals surface area contributed by atoms with Gasteiger partial charge in [-0.15, -0.1) is 0 Å². The number of hydrogen-bond acceptors (Lipinski definition) is 7.